The van der Waals surface area contributed by atoms with Crippen LogP contribution < -0.4 is 0 Å². The van der Waals surface area contributed by atoms with Gasteiger partial charge in [0, 0.05) is 5.18 Å². The lowest BCUT2D eigenvalue weighted by atomic mass is 10.5. The lowest BCUT2D eigenvalue weighted by Gasteiger charge is -1.85. The van der Waals surface area contributed by atoms with E-state index in [4.69, 9.17) is 11.6 Å². The van der Waals surface area contributed by atoms with E-state index in [1.807, 2.05) is 0 Å². The van der Waals surface area contributed by atoms with E-state index in [9.17, 15) is 9.70 Å². The van der Waals surface area contributed by atoms with E-state index in [2.05, 4.69) is 5.18 Å². The minimum absolute atomic E-state index is 0.780. The first kappa shape index (κ1) is 6.56. The molecule has 0 unspecified atom stereocenters. The van der Waals surface area contributed by atoms with E-state index in [0.717, 1.165) is 0 Å². The first-order valence-corrected chi connectivity index (χ1v) is 2.13. The van der Waals surface area contributed by atoms with Gasteiger partial charge in [-0.05, 0) is 6.92 Å². The summed E-state index contributed by atoms with van der Waals surface area (Å²) in [6, 6.07) is 0. The van der Waals surface area contributed by atoms with E-state index >= 15 is 0 Å². The number of nitroso groups, excluding NO2 is 1. The third kappa shape index (κ3) is 2.28. The molecule has 0 aliphatic heterocycles. The van der Waals surface area contributed by atoms with Gasteiger partial charge in [-0.2, -0.15) is 0 Å². The highest BCUT2D eigenvalue weighted by Gasteiger charge is 2.06. The Labute approximate surface area is 45.6 Å². The average Bonchev–Trinajstić information content (AvgIpc) is 1.65. The van der Waals surface area contributed by atoms with Crippen molar-refractivity contribution >= 4 is 17.5 Å². The molecule has 0 fully saturated rings. The number of carbonyl (C=O) groups is 1. The molecule has 0 N–H and O–H groups in total. The third-order valence-electron chi connectivity index (χ3n) is 0.430. The number of alkyl halides is 1. The van der Waals surface area contributed by atoms with Gasteiger partial charge in [0.2, 0.25) is 0 Å². The van der Waals surface area contributed by atoms with Crippen LogP contribution >= 0.6 is 11.6 Å². The standard InChI is InChI=1S/C3H4ClNO2/c1-2(4)3(6)5-7/h2H,1H3/t2-/m1/s1. The van der Waals surface area contributed by atoms with Crippen molar-refractivity contribution in [2.45, 2.75) is 12.3 Å². The van der Waals surface area contributed by atoms with Crippen LogP contribution in [0.25, 0.3) is 0 Å². The maximum atomic E-state index is 9.90. The van der Waals surface area contributed by atoms with Gasteiger partial charge in [-0.25, -0.2) is 0 Å². The fraction of sp³-hybridized carbons (Fsp3) is 0.667. The maximum absolute atomic E-state index is 9.90. The van der Waals surface area contributed by atoms with Gasteiger partial charge in [0.25, 0.3) is 0 Å². The first-order chi connectivity index (χ1) is 3.18. The van der Waals surface area contributed by atoms with Crippen molar-refractivity contribution in [2.75, 3.05) is 0 Å². The van der Waals surface area contributed by atoms with Gasteiger partial charge in [0.15, 0.2) is 0 Å². The highest BCUT2D eigenvalue weighted by Crippen LogP contribution is 1.93. The Morgan fingerprint density at radius 1 is 1.86 bits per heavy atom. The van der Waals surface area contributed by atoms with Gasteiger partial charge >= 0.3 is 5.91 Å². The summed E-state index contributed by atoms with van der Waals surface area (Å²) in [7, 11) is 0. The summed E-state index contributed by atoms with van der Waals surface area (Å²) < 4.78 is 0. The summed E-state index contributed by atoms with van der Waals surface area (Å²) in [5.74, 6) is -0.818. The van der Waals surface area contributed by atoms with Crippen LogP contribution in [0, 0.1) is 4.91 Å². The Balaban J connectivity index is 3.56. The summed E-state index contributed by atoms with van der Waals surface area (Å²) >= 11 is 5.09. The van der Waals surface area contributed by atoms with Crippen LogP contribution in [0.3, 0.4) is 0 Å². The molecule has 0 saturated heterocycles. The van der Waals surface area contributed by atoms with Crippen molar-refractivity contribution in [2.24, 2.45) is 5.18 Å². The highest BCUT2D eigenvalue weighted by molar-refractivity contribution is 6.30. The predicted molar refractivity (Wildman–Crippen MR) is 26.1 cm³/mol. The maximum Gasteiger partial charge on any atom is 0.303 e. The van der Waals surface area contributed by atoms with Crippen molar-refractivity contribution in [3.8, 4) is 0 Å². The molecule has 0 heterocycles. The SMILES string of the molecule is C[C@@H](Cl)C(=O)N=O. The van der Waals surface area contributed by atoms with E-state index in [1.165, 1.54) is 6.92 Å². The molecule has 0 bridgehead atoms. The Kier molecular flexibility index (Phi) is 2.52. The normalized spacial score (nSPS) is 12.9. The zero-order valence-corrected chi connectivity index (χ0v) is 4.47. The quantitative estimate of drug-likeness (QED) is 0.382. The summed E-state index contributed by atoms with van der Waals surface area (Å²) in [5.41, 5.74) is 0. The van der Waals surface area contributed by atoms with Gasteiger partial charge in [0.1, 0.15) is 5.38 Å². The number of hydrogen-bond donors (Lipinski definition) is 0. The molecule has 4 heteroatoms. The van der Waals surface area contributed by atoms with Crippen molar-refractivity contribution in [3.63, 3.8) is 0 Å². The van der Waals surface area contributed by atoms with Crippen molar-refractivity contribution in [1.82, 2.24) is 0 Å². The number of halogens is 1. The van der Waals surface area contributed by atoms with Gasteiger partial charge in [-0.3, -0.25) is 4.79 Å². The van der Waals surface area contributed by atoms with E-state index in [1.54, 1.807) is 0 Å². The lowest BCUT2D eigenvalue weighted by molar-refractivity contribution is -0.117. The molecule has 0 saturated carbocycles. The highest BCUT2D eigenvalue weighted by atomic mass is 35.5. The van der Waals surface area contributed by atoms with Gasteiger partial charge in [-0.1, -0.05) is 0 Å². The smallest absolute Gasteiger partial charge is 0.267 e. The predicted octanol–water partition coefficient (Wildman–Crippen LogP) is 0.907. The molecule has 3 nitrogen and oxygen atoms in total. The van der Waals surface area contributed by atoms with Crippen LogP contribution in [-0.4, -0.2) is 11.3 Å². The molecule has 0 aromatic heterocycles. The van der Waals surface area contributed by atoms with Gasteiger partial charge in [-0.15, -0.1) is 16.5 Å². The van der Waals surface area contributed by atoms with E-state index < -0.39 is 11.3 Å². The van der Waals surface area contributed by atoms with Gasteiger partial charge < -0.3 is 0 Å². The number of nitrogens with zero attached hydrogens (tertiary/aromatic N) is 1. The molecule has 40 valence electrons. The van der Waals surface area contributed by atoms with Crippen molar-refractivity contribution in [1.29, 1.82) is 0 Å². The summed E-state index contributed by atoms with van der Waals surface area (Å²) in [5, 5.41) is 1.29. The Bertz CT molecular complexity index is 90.9. The molecular weight excluding hydrogens is 117 g/mol. The van der Waals surface area contributed by atoms with Crippen LogP contribution in [0.1, 0.15) is 6.92 Å². The number of hydrogen-bond acceptors (Lipinski definition) is 2. The van der Waals surface area contributed by atoms with Crippen molar-refractivity contribution in [3.05, 3.63) is 4.91 Å². The fourth-order valence-electron chi connectivity index (χ4n) is 0.0726. The largest absolute Gasteiger partial charge is 0.303 e. The Hall–Kier alpha value is -0.440. The number of rotatable bonds is 1. The second kappa shape index (κ2) is 2.69. The fourth-order valence-corrected chi connectivity index (χ4v) is 0.112. The summed E-state index contributed by atoms with van der Waals surface area (Å²) in [6.07, 6.45) is 0. The zero-order chi connectivity index (χ0) is 5.86. The molecule has 0 aliphatic carbocycles. The second-order valence-electron chi connectivity index (χ2n) is 1.05. The van der Waals surface area contributed by atoms with Crippen LogP contribution in [-0.2, 0) is 4.79 Å². The van der Waals surface area contributed by atoms with Crippen LogP contribution in [0.5, 0.6) is 0 Å². The van der Waals surface area contributed by atoms with Crippen molar-refractivity contribution < 1.29 is 4.79 Å². The minimum Gasteiger partial charge on any atom is -0.267 e. The van der Waals surface area contributed by atoms with Crippen LogP contribution in [0.2, 0.25) is 0 Å². The minimum atomic E-state index is -0.818. The molecule has 0 aromatic rings. The lowest BCUT2D eigenvalue weighted by Crippen LogP contribution is -2.04. The Morgan fingerprint density at radius 3 is 2.29 bits per heavy atom. The van der Waals surface area contributed by atoms with Crippen LogP contribution in [0.4, 0.5) is 0 Å². The molecule has 0 radical (unpaired) electrons. The third-order valence-corrected chi connectivity index (χ3v) is 0.617. The van der Waals surface area contributed by atoms with E-state index in [-0.39, 0.29) is 0 Å². The molecule has 1 amide bonds. The molecule has 0 aromatic carbocycles. The van der Waals surface area contributed by atoms with E-state index in [0.29, 0.717) is 0 Å². The zero-order valence-electron chi connectivity index (χ0n) is 3.72. The monoisotopic (exact) mass is 121 g/mol. The Morgan fingerprint density at radius 2 is 2.29 bits per heavy atom. The molecule has 0 spiro atoms. The molecule has 1 atom stereocenters. The molecular formula is C3H4ClNO2. The summed E-state index contributed by atoms with van der Waals surface area (Å²) in [4.78, 5) is 19.2. The topological polar surface area (TPSA) is 46.5 Å². The second-order valence-corrected chi connectivity index (χ2v) is 1.70. The average molecular weight is 122 g/mol. The number of amides is 1. The van der Waals surface area contributed by atoms with Crippen LogP contribution in [0.15, 0.2) is 5.18 Å². The van der Waals surface area contributed by atoms with Gasteiger partial charge in [0.05, 0.1) is 0 Å². The number of carbonyl (C=O) groups excluding carboxylic acids is 1. The molecule has 7 heavy (non-hydrogen) atoms. The first-order valence-electron chi connectivity index (χ1n) is 1.69. The molecule has 0 rings (SSSR count). The summed E-state index contributed by atoms with van der Waals surface area (Å²) in [6.45, 7) is 1.39. The molecule has 0 aliphatic rings.